The lowest BCUT2D eigenvalue weighted by atomic mass is 10.0. The standard InChI is InChI=1S/C11H12N6O2/c12-6-1-2-7-10(15-4-3-14-7)9(6)11(19)8(18)5-16-17-13/h1-4,8,11,18-19H,5,12H2. The molecule has 0 aliphatic carbocycles. The van der Waals surface area contributed by atoms with Crippen LogP contribution in [0.4, 0.5) is 5.69 Å². The minimum Gasteiger partial charge on any atom is -0.398 e. The van der Waals surface area contributed by atoms with E-state index in [0.29, 0.717) is 16.7 Å². The van der Waals surface area contributed by atoms with Crippen LogP contribution in [-0.2, 0) is 0 Å². The van der Waals surface area contributed by atoms with Crippen LogP contribution in [0.15, 0.2) is 29.6 Å². The van der Waals surface area contributed by atoms with E-state index in [1.54, 1.807) is 12.1 Å². The summed E-state index contributed by atoms with van der Waals surface area (Å²) in [6.07, 6.45) is 0.430. The fourth-order valence-corrected chi connectivity index (χ4v) is 1.80. The lowest BCUT2D eigenvalue weighted by molar-refractivity contribution is 0.0256. The van der Waals surface area contributed by atoms with Gasteiger partial charge in [-0.05, 0) is 17.7 Å². The van der Waals surface area contributed by atoms with Gasteiger partial charge in [-0.25, -0.2) is 0 Å². The van der Waals surface area contributed by atoms with Crippen LogP contribution >= 0.6 is 0 Å². The molecule has 0 fully saturated rings. The highest BCUT2D eigenvalue weighted by molar-refractivity contribution is 5.83. The molecule has 0 amide bonds. The number of fused-ring (bicyclic) bond motifs is 1. The van der Waals surface area contributed by atoms with Crippen LogP contribution < -0.4 is 5.73 Å². The molecule has 2 atom stereocenters. The summed E-state index contributed by atoms with van der Waals surface area (Å²) in [6, 6.07) is 3.25. The fourth-order valence-electron chi connectivity index (χ4n) is 1.80. The second-order valence-corrected chi connectivity index (χ2v) is 3.92. The average molecular weight is 260 g/mol. The van der Waals surface area contributed by atoms with E-state index in [1.165, 1.54) is 12.4 Å². The number of aliphatic hydroxyl groups excluding tert-OH is 2. The summed E-state index contributed by atoms with van der Waals surface area (Å²) in [4.78, 5) is 10.7. The number of rotatable bonds is 4. The number of anilines is 1. The molecule has 0 bridgehead atoms. The Labute approximate surface area is 108 Å². The van der Waals surface area contributed by atoms with E-state index in [1.807, 2.05) is 0 Å². The first-order chi connectivity index (χ1) is 9.15. The number of aromatic nitrogens is 2. The number of aliphatic hydroxyl groups is 2. The van der Waals surface area contributed by atoms with Crippen molar-refractivity contribution in [1.29, 1.82) is 0 Å². The third-order valence-electron chi connectivity index (χ3n) is 2.71. The van der Waals surface area contributed by atoms with Crippen LogP contribution in [0.2, 0.25) is 0 Å². The van der Waals surface area contributed by atoms with Crippen molar-refractivity contribution in [3.8, 4) is 0 Å². The molecular weight excluding hydrogens is 248 g/mol. The summed E-state index contributed by atoms with van der Waals surface area (Å²) in [6.45, 7) is -0.256. The van der Waals surface area contributed by atoms with Gasteiger partial charge in [0, 0.05) is 28.6 Å². The molecule has 1 aromatic carbocycles. The lowest BCUT2D eigenvalue weighted by Crippen LogP contribution is -2.22. The van der Waals surface area contributed by atoms with E-state index >= 15 is 0 Å². The van der Waals surface area contributed by atoms with E-state index in [0.717, 1.165) is 0 Å². The van der Waals surface area contributed by atoms with Gasteiger partial charge < -0.3 is 15.9 Å². The molecule has 2 aromatic rings. The van der Waals surface area contributed by atoms with Gasteiger partial charge in [-0.3, -0.25) is 9.97 Å². The molecule has 2 rings (SSSR count). The molecular formula is C11H12N6O2. The minimum absolute atomic E-state index is 0.256. The number of benzene rings is 1. The molecule has 19 heavy (non-hydrogen) atoms. The Hall–Kier alpha value is -2.41. The number of hydrogen-bond acceptors (Lipinski definition) is 6. The molecule has 4 N–H and O–H groups in total. The second kappa shape index (κ2) is 5.49. The van der Waals surface area contributed by atoms with Crippen molar-refractivity contribution in [3.63, 3.8) is 0 Å². The third kappa shape index (κ3) is 2.55. The largest absolute Gasteiger partial charge is 0.398 e. The van der Waals surface area contributed by atoms with Crippen LogP contribution in [0.1, 0.15) is 11.7 Å². The molecule has 0 spiro atoms. The maximum atomic E-state index is 10.1. The van der Waals surface area contributed by atoms with Crippen LogP contribution in [0.25, 0.3) is 21.5 Å². The quantitative estimate of drug-likeness (QED) is 0.324. The minimum atomic E-state index is -1.30. The molecule has 0 saturated carbocycles. The first-order valence-corrected chi connectivity index (χ1v) is 5.51. The predicted octanol–water partition coefficient (Wildman–Crippen LogP) is 0.917. The summed E-state index contributed by atoms with van der Waals surface area (Å²) in [5.74, 6) is 0. The normalized spacial score (nSPS) is 13.8. The molecule has 0 saturated heterocycles. The number of nitrogens with two attached hydrogens (primary N) is 1. The van der Waals surface area contributed by atoms with E-state index in [4.69, 9.17) is 11.3 Å². The summed E-state index contributed by atoms with van der Waals surface area (Å²) in [7, 11) is 0. The second-order valence-electron chi connectivity index (χ2n) is 3.92. The van der Waals surface area contributed by atoms with Crippen LogP contribution in [0.5, 0.6) is 0 Å². The first-order valence-electron chi connectivity index (χ1n) is 5.51. The summed E-state index contributed by atoms with van der Waals surface area (Å²) >= 11 is 0. The Kier molecular flexibility index (Phi) is 3.76. The zero-order valence-electron chi connectivity index (χ0n) is 9.88. The zero-order valence-corrected chi connectivity index (χ0v) is 9.88. The van der Waals surface area contributed by atoms with Gasteiger partial charge in [-0.2, -0.15) is 0 Å². The highest BCUT2D eigenvalue weighted by atomic mass is 16.3. The smallest absolute Gasteiger partial charge is 0.109 e. The number of nitrogen functional groups attached to an aromatic ring is 1. The van der Waals surface area contributed by atoms with Gasteiger partial charge in [0.1, 0.15) is 6.10 Å². The molecule has 1 aromatic heterocycles. The maximum Gasteiger partial charge on any atom is 0.109 e. The monoisotopic (exact) mass is 260 g/mol. The van der Waals surface area contributed by atoms with E-state index < -0.39 is 12.2 Å². The van der Waals surface area contributed by atoms with Crippen molar-refractivity contribution in [1.82, 2.24) is 9.97 Å². The summed E-state index contributed by atoms with van der Waals surface area (Å²) < 4.78 is 0. The Morgan fingerprint density at radius 2 is 2.05 bits per heavy atom. The SMILES string of the molecule is [N-]=[N+]=NCC(O)C(O)c1c(N)ccc2nccnc12. The van der Waals surface area contributed by atoms with Crippen LogP contribution in [0, 0.1) is 0 Å². The number of azide groups is 1. The Balaban J connectivity index is 2.48. The Morgan fingerprint density at radius 3 is 2.79 bits per heavy atom. The van der Waals surface area contributed by atoms with E-state index in [-0.39, 0.29) is 12.1 Å². The van der Waals surface area contributed by atoms with Crippen molar-refractivity contribution < 1.29 is 10.2 Å². The lowest BCUT2D eigenvalue weighted by Gasteiger charge is -2.19. The first kappa shape index (κ1) is 13.0. The molecule has 0 radical (unpaired) electrons. The van der Waals surface area contributed by atoms with Crippen molar-refractivity contribution in [2.75, 3.05) is 12.3 Å². The highest BCUT2D eigenvalue weighted by Crippen LogP contribution is 2.29. The fraction of sp³-hybridized carbons (Fsp3) is 0.273. The van der Waals surface area contributed by atoms with E-state index in [9.17, 15) is 10.2 Å². The summed E-state index contributed by atoms with van der Waals surface area (Å²) in [5.41, 5.74) is 15.6. The predicted molar refractivity (Wildman–Crippen MR) is 68.9 cm³/mol. The summed E-state index contributed by atoms with van der Waals surface area (Å²) in [5, 5.41) is 23.1. The zero-order chi connectivity index (χ0) is 13.8. The van der Waals surface area contributed by atoms with Crippen molar-refractivity contribution in [2.24, 2.45) is 5.11 Å². The van der Waals surface area contributed by atoms with Gasteiger partial charge in [0.25, 0.3) is 0 Å². The van der Waals surface area contributed by atoms with E-state index in [2.05, 4.69) is 20.0 Å². The topological polar surface area (TPSA) is 141 Å². The van der Waals surface area contributed by atoms with Crippen LogP contribution in [0.3, 0.4) is 0 Å². The Bertz CT molecular complexity index is 640. The van der Waals surface area contributed by atoms with Crippen LogP contribution in [-0.4, -0.2) is 32.8 Å². The van der Waals surface area contributed by atoms with Gasteiger partial charge >= 0.3 is 0 Å². The van der Waals surface area contributed by atoms with Gasteiger partial charge in [-0.15, -0.1) is 0 Å². The molecule has 0 aliphatic rings. The van der Waals surface area contributed by atoms with Crippen molar-refractivity contribution >= 4 is 16.7 Å². The van der Waals surface area contributed by atoms with Gasteiger partial charge in [0.2, 0.25) is 0 Å². The molecule has 98 valence electrons. The molecule has 8 heteroatoms. The van der Waals surface area contributed by atoms with Gasteiger partial charge in [0.05, 0.1) is 23.7 Å². The maximum absolute atomic E-state index is 10.1. The number of hydrogen-bond donors (Lipinski definition) is 3. The molecule has 0 aliphatic heterocycles. The number of nitrogens with zero attached hydrogens (tertiary/aromatic N) is 5. The van der Waals surface area contributed by atoms with Crippen molar-refractivity contribution in [3.05, 3.63) is 40.5 Å². The Morgan fingerprint density at radius 1 is 1.32 bits per heavy atom. The average Bonchev–Trinajstić information content (AvgIpc) is 2.44. The van der Waals surface area contributed by atoms with Crippen molar-refractivity contribution in [2.45, 2.75) is 12.2 Å². The highest BCUT2D eigenvalue weighted by Gasteiger charge is 2.23. The molecule has 2 unspecified atom stereocenters. The van der Waals surface area contributed by atoms with Gasteiger partial charge in [-0.1, -0.05) is 5.11 Å². The molecule has 1 heterocycles. The molecule has 8 nitrogen and oxygen atoms in total. The van der Waals surface area contributed by atoms with Gasteiger partial charge in [0.15, 0.2) is 0 Å². The third-order valence-corrected chi connectivity index (χ3v) is 2.71.